The molecule has 1 aromatic heterocycles. The first-order valence-corrected chi connectivity index (χ1v) is 6.79. The third-order valence-electron chi connectivity index (χ3n) is 3.04. The van der Waals surface area contributed by atoms with E-state index in [1.165, 1.54) is 12.1 Å². The minimum Gasteiger partial charge on any atom is -0.403 e. The molecular formula is C14H14F3N3O3. The Morgan fingerprint density at radius 3 is 2.65 bits per heavy atom. The van der Waals surface area contributed by atoms with Crippen LogP contribution in [0.5, 0.6) is 5.75 Å². The highest BCUT2D eigenvalue weighted by Gasteiger charge is 2.32. The minimum absolute atomic E-state index is 0.0761. The Bertz CT molecular complexity index is 799. The smallest absolute Gasteiger partial charge is 0.403 e. The fourth-order valence-electron chi connectivity index (χ4n) is 2.20. The van der Waals surface area contributed by atoms with Gasteiger partial charge in [0.05, 0.1) is 5.39 Å². The Kier molecular flexibility index (Phi) is 4.57. The van der Waals surface area contributed by atoms with Gasteiger partial charge in [-0.25, -0.2) is 4.98 Å². The molecule has 0 aliphatic rings. The molecular weight excluding hydrogens is 315 g/mol. The number of fused-ring (bicyclic) bond motifs is 1. The molecule has 0 bridgehead atoms. The maximum absolute atomic E-state index is 12.5. The molecule has 9 heteroatoms. The van der Waals surface area contributed by atoms with Crippen LogP contribution in [0.3, 0.4) is 0 Å². The first kappa shape index (κ1) is 16.8. The number of aryl methyl sites for hydroxylation is 1. The lowest BCUT2D eigenvalue weighted by Gasteiger charge is -2.14. The first-order valence-electron chi connectivity index (χ1n) is 6.79. The van der Waals surface area contributed by atoms with Crippen LogP contribution < -0.4 is 16.0 Å². The van der Waals surface area contributed by atoms with Gasteiger partial charge in [0.15, 0.2) is 5.75 Å². The Hall–Kier alpha value is -2.58. The summed E-state index contributed by atoms with van der Waals surface area (Å²) in [6, 6.07) is 3.65. The number of aromatic nitrogens is 2. The summed E-state index contributed by atoms with van der Waals surface area (Å²) in [6.07, 6.45) is -4.01. The fourth-order valence-corrected chi connectivity index (χ4v) is 2.20. The van der Waals surface area contributed by atoms with Crippen molar-refractivity contribution in [2.75, 3.05) is 0 Å². The van der Waals surface area contributed by atoms with Gasteiger partial charge in [0.1, 0.15) is 17.9 Å². The van der Waals surface area contributed by atoms with Gasteiger partial charge in [-0.2, -0.15) is 0 Å². The van der Waals surface area contributed by atoms with Crippen molar-refractivity contribution in [3.05, 3.63) is 34.4 Å². The number of primary amides is 1. The highest BCUT2D eigenvalue weighted by atomic mass is 19.4. The van der Waals surface area contributed by atoms with Crippen LogP contribution in [-0.4, -0.2) is 21.8 Å². The molecule has 1 amide bonds. The molecule has 0 fully saturated rings. The van der Waals surface area contributed by atoms with Crippen molar-refractivity contribution in [3.8, 4) is 5.75 Å². The number of hydrogen-bond acceptors (Lipinski definition) is 4. The first-order chi connectivity index (χ1) is 10.7. The summed E-state index contributed by atoms with van der Waals surface area (Å²) < 4.78 is 42.4. The van der Waals surface area contributed by atoms with Crippen LogP contribution in [0.1, 0.15) is 19.2 Å². The summed E-state index contributed by atoms with van der Waals surface area (Å²) in [5.74, 6) is -1.12. The SMILES string of the molecule is CCCc1nc2c(OC(F)(F)F)cccc2c(=O)n1CC(N)=O. The molecule has 0 aliphatic carbocycles. The molecule has 1 heterocycles. The zero-order valence-corrected chi connectivity index (χ0v) is 12.2. The van der Waals surface area contributed by atoms with Gasteiger partial charge in [-0.1, -0.05) is 13.0 Å². The van der Waals surface area contributed by atoms with E-state index in [0.717, 1.165) is 10.6 Å². The van der Waals surface area contributed by atoms with E-state index < -0.39 is 23.6 Å². The highest BCUT2D eigenvalue weighted by molar-refractivity contribution is 5.84. The van der Waals surface area contributed by atoms with Crippen molar-refractivity contribution in [2.45, 2.75) is 32.7 Å². The number of carbonyl (C=O) groups is 1. The lowest BCUT2D eigenvalue weighted by atomic mass is 10.2. The van der Waals surface area contributed by atoms with Crippen LogP contribution in [0, 0.1) is 0 Å². The Morgan fingerprint density at radius 2 is 2.09 bits per heavy atom. The number of para-hydroxylation sites is 1. The standard InChI is InChI=1S/C14H14F3N3O3/c1-2-4-11-19-12-8(13(22)20(11)7-10(18)21)5-3-6-9(12)23-14(15,16)17/h3,5-6H,2,4,7H2,1H3,(H2,18,21). The molecule has 0 saturated heterocycles. The molecule has 0 aliphatic heterocycles. The average molecular weight is 329 g/mol. The number of nitrogens with zero attached hydrogens (tertiary/aromatic N) is 2. The van der Waals surface area contributed by atoms with Crippen LogP contribution >= 0.6 is 0 Å². The summed E-state index contributed by atoms with van der Waals surface area (Å²) in [6.45, 7) is 1.42. The van der Waals surface area contributed by atoms with Gasteiger partial charge >= 0.3 is 6.36 Å². The van der Waals surface area contributed by atoms with Crippen molar-refractivity contribution in [3.63, 3.8) is 0 Å². The average Bonchev–Trinajstić information content (AvgIpc) is 2.42. The molecule has 2 aromatic rings. The monoisotopic (exact) mass is 329 g/mol. The molecule has 0 unspecified atom stereocenters. The van der Waals surface area contributed by atoms with Crippen LogP contribution in [0.4, 0.5) is 13.2 Å². The van der Waals surface area contributed by atoms with Gasteiger partial charge in [0, 0.05) is 6.42 Å². The van der Waals surface area contributed by atoms with Crippen molar-refractivity contribution >= 4 is 16.8 Å². The lowest BCUT2D eigenvalue weighted by molar-refractivity contribution is -0.274. The molecule has 23 heavy (non-hydrogen) atoms. The van der Waals surface area contributed by atoms with E-state index in [0.29, 0.717) is 12.8 Å². The maximum Gasteiger partial charge on any atom is 0.573 e. The van der Waals surface area contributed by atoms with Gasteiger partial charge in [0.2, 0.25) is 5.91 Å². The number of ether oxygens (including phenoxy) is 1. The second-order valence-electron chi connectivity index (χ2n) is 4.84. The number of nitrogens with two attached hydrogens (primary N) is 1. The fraction of sp³-hybridized carbons (Fsp3) is 0.357. The maximum atomic E-state index is 12.5. The van der Waals surface area contributed by atoms with Crippen molar-refractivity contribution in [2.24, 2.45) is 5.73 Å². The second kappa shape index (κ2) is 6.27. The molecule has 0 saturated carbocycles. The van der Waals surface area contributed by atoms with Crippen molar-refractivity contribution in [1.29, 1.82) is 0 Å². The molecule has 2 rings (SSSR count). The zero-order valence-electron chi connectivity index (χ0n) is 12.2. The van der Waals surface area contributed by atoms with E-state index in [-0.39, 0.29) is 23.3 Å². The third-order valence-corrected chi connectivity index (χ3v) is 3.04. The number of carbonyl (C=O) groups excluding carboxylic acids is 1. The molecule has 6 nitrogen and oxygen atoms in total. The largest absolute Gasteiger partial charge is 0.573 e. The predicted molar refractivity (Wildman–Crippen MR) is 75.9 cm³/mol. The van der Waals surface area contributed by atoms with Crippen LogP contribution in [0.25, 0.3) is 10.9 Å². The number of rotatable bonds is 5. The Balaban J connectivity index is 2.72. The highest BCUT2D eigenvalue weighted by Crippen LogP contribution is 2.28. The minimum atomic E-state index is -4.90. The van der Waals surface area contributed by atoms with Gasteiger partial charge in [-0.15, -0.1) is 13.2 Å². The summed E-state index contributed by atoms with van der Waals surface area (Å²) in [5.41, 5.74) is 4.29. The van der Waals surface area contributed by atoms with Crippen molar-refractivity contribution < 1.29 is 22.7 Å². The second-order valence-corrected chi connectivity index (χ2v) is 4.84. The van der Waals surface area contributed by atoms with Crippen LogP contribution in [0.15, 0.2) is 23.0 Å². The third kappa shape index (κ3) is 3.79. The molecule has 2 N–H and O–H groups in total. The van der Waals surface area contributed by atoms with Crippen LogP contribution in [0.2, 0.25) is 0 Å². The number of alkyl halides is 3. The zero-order chi connectivity index (χ0) is 17.2. The number of amides is 1. The van der Waals surface area contributed by atoms with E-state index in [9.17, 15) is 22.8 Å². The summed E-state index contributed by atoms with van der Waals surface area (Å²) >= 11 is 0. The summed E-state index contributed by atoms with van der Waals surface area (Å²) in [7, 11) is 0. The van der Waals surface area contributed by atoms with E-state index in [2.05, 4.69) is 9.72 Å². The summed E-state index contributed by atoms with van der Waals surface area (Å²) in [4.78, 5) is 27.7. The van der Waals surface area contributed by atoms with Crippen molar-refractivity contribution in [1.82, 2.24) is 9.55 Å². The molecule has 0 spiro atoms. The quantitative estimate of drug-likeness (QED) is 0.905. The normalized spacial score (nSPS) is 11.7. The van der Waals surface area contributed by atoms with Gasteiger partial charge in [-0.05, 0) is 18.6 Å². The lowest BCUT2D eigenvalue weighted by Crippen LogP contribution is -2.31. The predicted octanol–water partition coefficient (Wildman–Crippen LogP) is 1.73. The van der Waals surface area contributed by atoms with Gasteiger partial charge in [0.25, 0.3) is 5.56 Å². The Labute approximate surface area is 128 Å². The molecule has 0 atom stereocenters. The number of halogens is 3. The van der Waals surface area contributed by atoms with E-state index in [4.69, 9.17) is 5.73 Å². The van der Waals surface area contributed by atoms with E-state index in [1.54, 1.807) is 0 Å². The van der Waals surface area contributed by atoms with Crippen LogP contribution in [-0.2, 0) is 17.8 Å². The molecule has 124 valence electrons. The van der Waals surface area contributed by atoms with E-state index in [1.807, 2.05) is 6.92 Å². The van der Waals surface area contributed by atoms with E-state index >= 15 is 0 Å². The van der Waals surface area contributed by atoms with Gasteiger partial charge in [-0.3, -0.25) is 14.2 Å². The summed E-state index contributed by atoms with van der Waals surface area (Å²) in [5, 5.41) is -0.0761. The number of hydrogen-bond donors (Lipinski definition) is 1. The van der Waals surface area contributed by atoms with Gasteiger partial charge < -0.3 is 10.5 Å². The Morgan fingerprint density at radius 1 is 1.39 bits per heavy atom. The number of benzene rings is 1. The molecule has 1 aromatic carbocycles. The topological polar surface area (TPSA) is 87.2 Å². The molecule has 0 radical (unpaired) electrons.